The van der Waals surface area contributed by atoms with Crippen LogP contribution in [0.25, 0.3) is 32.9 Å². The zero-order chi connectivity index (χ0) is 20.5. The van der Waals surface area contributed by atoms with E-state index in [1.54, 1.807) is 30.3 Å². The van der Waals surface area contributed by atoms with E-state index >= 15 is 0 Å². The Morgan fingerprint density at radius 3 is 2.30 bits per heavy atom. The molecular formula is C22H14FN5OS. The summed E-state index contributed by atoms with van der Waals surface area (Å²) < 4.78 is 14.6. The number of aromatic nitrogens is 5. The molecule has 8 heteroatoms. The molecule has 0 amide bonds. The molecule has 0 fully saturated rings. The Kier molecular flexibility index (Phi) is 4.68. The number of benzene rings is 3. The third-order valence-electron chi connectivity index (χ3n) is 4.72. The van der Waals surface area contributed by atoms with Crippen molar-refractivity contribution in [2.45, 2.75) is 10.9 Å². The second kappa shape index (κ2) is 7.64. The van der Waals surface area contributed by atoms with Gasteiger partial charge in [0.15, 0.2) is 0 Å². The first-order chi connectivity index (χ1) is 14.7. The van der Waals surface area contributed by atoms with Gasteiger partial charge >= 0.3 is 0 Å². The maximum Gasteiger partial charge on any atom is 0.278 e. The molecule has 0 bridgehead atoms. The molecule has 146 valence electrons. The minimum absolute atomic E-state index is 0.201. The van der Waals surface area contributed by atoms with Gasteiger partial charge in [-0.05, 0) is 36.4 Å². The molecule has 0 saturated heterocycles. The van der Waals surface area contributed by atoms with Crippen molar-refractivity contribution in [1.29, 1.82) is 0 Å². The number of thioether (sulfide) groups is 1. The van der Waals surface area contributed by atoms with Crippen LogP contribution in [0, 0.1) is 5.82 Å². The summed E-state index contributed by atoms with van der Waals surface area (Å²) in [4.78, 5) is 12.7. The highest BCUT2D eigenvalue weighted by atomic mass is 32.2. The fraction of sp³-hybridized carbons (Fsp3) is 0.0455. The van der Waals surface area contributed by atoms with Crippen LogP contribution < -0.4 is 5.56 Å². The first-order valence-corrected chi connectivity index (χ1v) is 10.2. The van der Waals surface area contributed by atoms with Crippen molar-refractivity contribution >= 4 is 33.4 Å². The van der Waals surface area contributed by atoms with Gasteiger partial charge in [0, 0.05) is 16.3 Å². The summed E-state index contributed by atoms with van der Waals surface area (Å²) in [5.74, 6) is -0.0456. The lowest BCUT2D eigenvalue weighted by Gasteiger charge is -2.09. The number of hydrogen-bond donors (Lipinski definition) is 0. The van der Waals surface area contributed by atoms with E-state index in [9.17, 15) is 9.18 Å². The Labute approximate surface area is 174 Å². The molecule has 3 aromatic carbocycles. The first-order valence-electron chi connectivity index (χ1n) is 9.17. The Balaban J connectivity index is 1.52. The maximum atomic E-state index is 13.3. The average Bonchev–Trinajstić information content (AvgIpc) is 2.79. The van der Waals surface area contributed by atoms with Crippen molar-refractivity contribution in [3.8, 4) is 11.3 Å². The van der Waals surface area contributed by atoms with Crippen LogP contribution in [0.3, 0.4) is 0 Å². The van der Waals surface area contributed by atoms with E-state index in [-0.39, 0.29) is 17.3 Å². The van der Waals surface area contributed by atoms with Gasteiger partial charge in [0.05, 0.1) is 11.3 Å². The minimum Gasteiger partial charge on any atom is -0.267 e. The fourth-order valence-corrected chi connectivity index (χ4v) is 4.08. The summed E-state index contributed by atoms with van der Waals surface area (Å²) in [5, 5.41) is 19.9. The molecule has 6 nitrogen and oxygen atoms in total. The number of halogens is 1. The highest BCUT2D eigenvalue weighted by Gasteiger charge is 2.13. The van der Waals surface area contributed by atoms with Crippen LogP contribution in [0.5, 0.6) is 0 Å². The Hall–Kier alpha value is -3.65. The lowest BCUT2D eigenvalue weighted by Crippen LogP contribution is -2.23. The highest BCUT2D eigenvalue weighted by molar-refractivity contribution is 7.98. The second-order valence-corrected chi connectivity index (χ2v) is 7.52. The van der Waals surface area contributed by atoms with Gasteiger partial charge in [-0.25, -0.2) is 4.39 Å². The van der Waals surface area contributed by atoms with E-state index in [2.05, 4.69) is 20.5 Å². The quantitative estimate of drug-likeness (QED) is 0.408. The number of nitrogens with zero attached hydrogens (tertiary/aromatic N) is 5. The standard InChI is InChI=1S/C22H14FN5OS/c23-15-11-9-14(10-12-15)20-16-5-1-2-6-17(16)21(26-25-20)30-13-28-22(29)18-7-3-4-8-19(18)24-27-28/h1-12H,13H2. The smallest absolute Gasteiger partial charge is 0.267 e. The van der Waals surface area contributed by atoms with Gasteiger partial charge in [0.2, 0.25) is 0 Å². The van der Waals surface area contributed by atoms with Gasteiger partial charge < -0.3 is 0 Å². The summed E-state index contributed by atoms with van der Waals surface area (Å²) >= 11 is 1.36. The molecule has 0 saturated carbocycles. The van der Waals surface area contributed by atoms with Crippen molar-refractivity contribution in [2.24, 2.45) is 0 Å². The van der Waals surface area contributed by atoms with Crippen LogP contribution in [-0.2, 0) is 5.88 Å². The van der Waals surface area contributed by atoms with Gasteiger partial charge in [0.1, 0.15) is 22.1 Å². The van der Waals surface area contributed by atoms with Crippen molar-refractivity contribution in [1.82, 2.24) is 25.2 Å². The Bertz CT molecular complexity index is 1440. The van der Waals surface area contributed by atoms with E-state index < -0.39 is 0 Å². The summed E-state index contributed by atoms with van der Waals surface area (Å²) in [5.41, 5.74) is 1.83. The molecule has 5 rings (SSSR count). The number of hydrogen-bond acceptors (Lipinski definition) is 6. The molecule has 0 aliphatic heterocycles. The largest absolute Gasteiger partial charge is 0.278 e. The normalized spacial score (nSPS) is 11.2. The van der Waals surface area contributed by atoms with Crippen LogP contribution in [-0.4, -0.2) is 25.2 Å². The van der Waals surface area contributed by atoms with Crippen LogP contribution in [0.2, 0.25) is 0 Å². The van der Waals surface area contributed by atoms with Crippen LogP contribution >= 0.6 is 11.8 Å². The molecule has 0 aliphatic carbocycles. The zero-order valence-electron chi connectivity index (χ0n) is 15.6. The maximum absolute atomic E-state index is 13.3. The predicted octanol–water partition coefficient (Wildman–Crippen LogP) is 4.29. The van der Waals surface area contributed by atoms with E-state index in [1.807, 2.05) is 30.3 Å². The van der Waals surface area contributed by atoms with Gasteiger partial charge in [0.25, 0.3) is 5.56 Å². The number of rotatable bonds is 4. The van der Waals surface area contributed by atoms with E-state index in [1.165, 1.54) is 28.6 Å². The van der Waals surface area contributed by atoms with Gasteiger partial charge in [-0.15, -0.1) is 15.3 Å². The fourth-order valence-electron chi connectivity index (χ4n) is 3.24. The van der Waals surface area contributed by atoms with Crippen LogP contribution in [0.4, 0.5) is 4.39 Å². The lowest BCUT2D eigenvalue weighted by molar-refractivity contribution is 0.628. The Morgan fingerprint density at radius 2 is 1.50 bits per heavy atom. The van der Waals surface area contributed by atoms with Crippen molar-refractivity contribution in [3.05, 3.63) is 89.0 Å². The minimum atomic E-state index is -0.301. The molecule has 0 radical (unpaired) electrons. The molecule has 2 aromatic heterocycles. The van der Waals surface area contributed by atoms with Gasteiger partial charge in [-0.2, -0.15) is 4.68 Å². The summed E-state index contributed by atoms with van der Waals surface area (Å²) in [6, 6.07) is 21.0. The summed E-state index contributed by atoms with van der Waals surface area (Å²) in [6.07, 6.45) is 0. The average molecular weight is 415 g/mol. The molecule has 0 N–H and O–H groups in total. The molecule has 0 spiro atoms. The third-order valence-corrected chi connectivity index (χ3v) is 5.67. The van der Waals surface area contributed by atoms with Crippen molar-refractivity contribution in [3.63, 3.8) is 0 Å². The SMILES string of the molecule is O=c1c2ccccc2nnn1CSc1nnc(-c2ccc(F)cc2)c2ccccc12. The molecule has 2 heterocycles. The summed E-state index contributed by atoms with van der Waals surface area (Å²) in [7, 11) is 0. The first kappa shape index (κ1) is 18.4. The molecule has 0 atom stereocenters. The lowest BCUT2D eigenvalue weighted by atomic mass is 10.1. The van der Waals surface area contributed by atoms with Gasteiger partial charge in [-0.3, -0.25) is 4.79 Å². The summed E-state index contributed by atoms with van der Waals surface area (Å²) in [6.45, 7) is 0. The van der Waals surface area contributed by atoms with Crippen LogP contribution in [0.15, 0.2) is 82.6 Å². The van der Waals surface area contributed by atoms with Crippen molar-refractivity contribution < 1.29 is 4.39 Å². The van der Waals surface area contributed by atoms with E-state index in [0.29, 0.717) is 21.6 Å². The van der Waals surface area contributed by atoms with E-state index in [0.717, 1.165) is 16.3 Å². The monoisotopic (exact) mass is 415 g/mol. The topological polar surface area (TPSA) is 73.6 Å². The van der Waals surface area contributed by atoms with E-state index in [4.69, 9.17) is 0 Å². The molecule has 0 aliphatic rings. The molecule has 5 aromatic rings. The highest BCUT2D eigenvalue weighted by Crippen LogP contribution is 2.32. The second-order valence-electron chi connectivity index (χ2n) is 6.59. The zero-order valence-corrected chi connectivity index (χ0v) is 16.4. The van der Waals surface area contributed by atoms with Gasteiger partial charge in [-0.1, -0.05) is 53.4 Å². The van der Waals surface area contributed by atoms with Crippen molar-refractivity contribution in [2.75, 3.05) is 0 Å². The van der Waals surface area contributed by atoms with Crippen LogP contribution in [0.1, 0.15) is 0 Å². The molecular weight excluding hydrogens is 401 g/mol. The molecule has 30 heavy (non-hydrogen) atoms. The predicted molar refractivity (Wildman–Crippen MR) is 115 cm³/mol. The third kappa shape index (κ3) is 3.31. The number of fused-ring (bicyclic) bond motifs is 2. The Morgan fingerprint density at radius 1 is 0.800 bits per heavy atom. The molecule has 0 unspecified atom stereocenters.